The van der Waals surface area contributed by atoms with Gasteiger partial charge < -0.3 is 9.30 Å². The first kappa shape index (κ1) is 17.8. The van der Waals surface area contributed by atoms with E-state index < -0.39 is 0 Å². The highest BCUT2D eigenvalue weighted by Gasteiger charge is 2.15. The Hall–Kier alpha value is -3.30. The molecule has 0 fully saturated rings. The van der Waals surface area contributed by atoms with E-state index in [-0.39, 0.29) is 0 Å². The minimum atomic E-state index is 0.691. The monoisotopic (exact) mass is 398 g/mol. The third-order valence-electron chi connectivity index (χ3n) is 5.24. The van der Waals surface area contributed by atoms with E-state index >= 15 is 0 Å². The Morgan fingerprint density at radius 1 is 0.897 bits per heavy atom. The molecule has 1 aromatic heterocycles. The van der Waals surface area contributed by atoms with E-state index in [2.05, 4.69) is 59.2 Å². The number of aromatic nitrogens is 2. The lowest BCUT2D eigenvalue weighted by Crippen LogP contribution is -2.02. The standard InChI is InChI=1S/C25H19ClN2O/c1-29-20-12-9-17(10-13-20)16-28-24-14-11-19(26)15-23(24)27-25(28)22-8-4-6-18-5-2-3-7-21(18)22/h2-15H,16H2,1H3. The van der Waals surface area contributed by atoms with Gasteiger partial charge in [0.15, 0.2) is 0 Å². The highest BCUT2D eigenvalue weighted by Crippen LogP contribution is 2.32. The van der Waals surface area contributed by atoms with Crippen molar-refractivity contribution in [3.63, 3.8) is 0 Å². The molecule has 0 aliphatic rings. The summed E-state index contributed by atoms with van der Waals surface area (Å²) in [6, 6.07) is 28.8. The van der Waals surface area contributed by atoms with E-state index in [1.807, 2.05) is 30.3 Å². The molecule has 0 unspecified atom stereocenters. The minimum Gasteiger partial charge on any atom is -0.497 e. The molecular weight excluding hydrogens is 380 g/mol. The van der Waals surface area contributed by atoms with E-state index in [1.165, 1.54) is 16.3 Å². The third kappa shape index (κ3) is 3.24. The molecule has 5 aromatic rings. The summed E-state index contributed by atoms with van der Waals surface area (Å²) in [5.41, 5.74) is 4.26. The largest absolute Gasteiger partial charge is 0.497 e. The highest BCUT2D eigenvalue weighted by atomic mass is 35.5. The van der Waals surface area contributed by atoms with Crippen molar-refractivity contribution < 1.29 is 4.74 Å². The summed E-state index contributed by atoms with van der Waals surface area (Å²) in [6.45, 7) is 0.709. The number of hydrogen-bond donors (Lipinski definition) is 0. The van der Waals surface area contributed by atoms with E-state index in [0.717, 1.165) is 28.2 Å². The molecule has 0 atom stereocenters. The van der Waals surface area contributed by atoms with Crippen molar-refractivity contribution in [1.29, 1.82) is 0 Å². The zero-order valence-corrected chi connectivity index (χ0v) is 16.7. The van der Waals surface area contributed by atoms with Gasteiger partial charge in [-0.1, -0.05) is 66.2 Å². The summed E-state index contributed by atoms with van der Waals surface area (Å²) in [5.74, 6) is 1.79. The highest BCUT2D eigenvalue weighted by molar-refractivity contribution is 6.31. The number of benzene rings is 4. The maximum atomic E-state index is 6.25. The van der Waals surface area contributed by atoms with Crippen molar-refractivity contribution in [1.82, 2.24) is 9.55 Å². The molecule has 0 aliphatic carbocycles. The number of imidazole rings is 1. The van der Waals surface area contributed by atoms with Crippen molar-refractivity contribution in [2.24, 2.45) is 0 Å². The predicted octanol–water partition coefficient (Wildman–Crippen LogP) is 6.57. The Labute approximate surface area is 174 Å². The van der Waals surface area contributed by atoms with Crippen LogP contribution in [0.4, 0.5) is 0 Å². The number of nitrogens with zero attached hydrogens (tertiary/aromatic N) is 2. The summed E-state index contributed by atoms with van der Waals surface area (Å²) in [7, 11) is 1.68. The van der Waals surface area contributed by atoms with Crippen molar-refractivity contribution in [3.8, 4) is 17.1 Å². The van der Waals surface area contributed by atoms with Gasteiger partial charge in [0.1, 0.15) is 11.6 Å². The van der Waals surface area contributed by atoms with Crippen molar-refractivity contribution in [2.75, 3.05) is 7.11 Å². The second-order valence-electron chi connectivity index (χ2n) is 7.03. The Morgan fingerprint density at radius 2 is 1.69 bits per heavy atom. The van der Waals surface area contributed by atoms with Gasteiger partial charge >= 0.3 is 0 Å². The lowest BCUT2D eigenvalue weighted by molar-refractivity contribution is 0.414. The minimum absolute atomic E-state index is 0.691. The fraction of sp³-hybridized carbons (Fsp3) is 0.0800. The fourth-order valence-corrected chi connectivity index (χ4v) is 3.97. The van der Waals surface area contributed by atoms with Crippen LogP contribution in [-0.2, 0) is 6.54 Å². The summed E-state index contributed by atoms with van der Waals surface area (Å²) in [6.07, 6.45) is 0. The van der Waals surface area contributed by atoms with Crippen LogP contribution in [0.5, 0.6) is 5.75 Å². The summed E-state index contributed by atoms with van der Waals surface area (Å²) >= 11 is 6.25. The molecule has 0 bridgehead atoms. The molecule has 29 heavy (non-hydrogen) atoms. The second kappa shape index (κ2) is 7.26. The molecule has 0 radical (unpaired) electrons. The van der Waals surface area contributed by atoms with E-state index in [9.17, 15) is 0 Å². The molecule has 4 aromatic carbocycles. The molecule has 5 rings (SSSR count). The van der Waals surface area contributed by atoms with Crippen molar-refractivity contribution >= 4 is 33.4 Å². The molecule has 4 heteroatoms. The van der Waals surface area contributed by atoms with Crippen LogP contribution in [0.15, 0.2) is 84.9 Å². The van der Waals surface area contributed by atoms with Gasteiger partial charge in [-0.15, -0.1) is 0 Å². The van der Waals surface area contributed by atoms with Gasteiger partial charge in [-0.2, -0.15) is 0 Å². The predicted molar refractivity (Wildman–Crippen MR) is 120 cm³/mol. The number of fused-ring (bicyclic) bond motifs is 2. The van der Waals surface area contributed by atoms with Gasteiger partial charge in [-0.25, -0.2) is 4.98 Å². The van der Waals surface area contributed by atoms with Gasteiger partial charge in [0, 0.05) is 17.1 Å². The molecule has 0 amide bonds. The van der Waals surface area contributed by atoms with E-state index in [1.54, 1.807) is 7.11 Å². The Bertz CT molecular complexity index is 1320. The molecule has 0 saturated heterocycles. The van der Waals surface area contributed by atoms with Gasteiger partial charge in [-0.3, -0.25) is 0 Å². The van der Waals surface area contributed by atoms with Crippen LogP contribution in [0.3, 0.4) is 0 Å². The normalized spacial score (nSPS) is 11.2. The molecule has 0 aliphatic heterocycles. The van der Waals surface area contributed by atoms with E-state index in [0.29, 0.717) is 11.6 Å². The van der Waals surface area contributed by atoms with E-state index in [4.69, 9.17) is 21.3 Å². The van der Waals surface area contributed by atoms with Gasteiger partial charge in [0.05, 0.1) is 18.1 Å². The van der Waals surface area contributed by atoms with Crippen LogP contribution in [-0.4, -0.2) is 16.7 Å². The Morgan fingerprint density at radius 3 is 2.52 bits per heavy atom. The molecular formula is C25H19ClN2O. The lowest BCUT2D eigenvalue weighted by Gasteiger charge is -2.12. The van der Waals surface area contributed by atoms with Crippen molar-refractivity contribution in [2.45, 2.75) is 6.54 Å². The number of hydrogen-bond acceptors (Lipinski definition) is 2. The average molecular weight is 399 g/mol. The third-order valence-corrected chi connectivity index (χ3v) is 5.48. The molecule has 0 spiro atoms. The SMILES string of the molecule is COc1ccc(Cn2c(-c3cccc4ccccc34)nc3cc(Cl)ccc32)cc1. The fourth-order valence-electron chi connectivity index (χ4n) is 3.80. The Balaban J connectivity index is 1.73. The van der Waals surface area contributed by atoms with Crippen LogP contribution >= 0.6 is 11.6 Å². The smallest absolute Gasteiger partial charge is 0.142 e. The summed E-state index contributed by atoms with van der Waals surface area (Å²) in [4.78, 5) is 4.98. The number of halogens is 1. The maximum Gasteiger partial charge on any atom is 0.142 e. The molecule has 0 N–H and O–H groups in total. The van der Waals surface area contributed by atoms with Crippen LogP contribution in [0.25, 0.3) is 33.2 Å². The number of rotatable bonds is 4. The lowest BCUT2D eigenvalue weighted by atomic mass is 10.0. The molecule has 1 heterocycles. The zero-order chi connectivity index (χ0) is 19.8. The van der Waals surface area contributed by atoms with Gasteiger partial charge in [0.25, 0.3) is 0 Å². The van der Waals surface area contributed by atoms with Crippen LogP contribution in [0, 0.1) is 0 Å². The summed E-state index contributed by atoms with van der Waals surface area (Å²) < 4.78 is 7.55. The zero-order valence-electron chi connectivity index (χ0n) is 16.0. The molecule has 3 nitrogen and oxygen atoms in total. The first-order chi connectivity index (χ1) is 14.2. The van der Waals surface area contributed by atoms with Crippen LogP contribution < -0.4 is 4.74 Å². The Kier molecular flexibility index (Phi) is 4.45. The average Bonchev–Trinajstić information content (AvgIpc) is 3.11. The number of ether oxygens (including phenoxy) is 1. The topological polar surface area (TPSA) is 27.1 Å². The van der Waals surface area contributed by atoms with Crippen molar-refractivity contribution in [3.05, 3.63) is 95.5 Å². The van der Waals surface area contributed by atoms with Crippen LogP contribution in [0.1, 0.15) is 5.56 Å². The first-order valence-electron chi connectivity index (χ1n) is 9.50. The van der Waals surface area contributed by atoms with Gasteiger partial charge in [0.2, 0.25) is 0 Å². The maximum absolute atomic E-state index is 6.25. The number of methoxy groups -OCH3 is 1. The molecule has 142 valence electrons. The van der Waals surface area contributed by atoms with Gasteiger partial charge in [-0.05, 0) is 46.7 Å². The summed E-state index contributed by atoms with van der Waals surface area (Å²) in [5, 5.41) is 3.08. The first-order valence-corrected chi connectivity index (χ1v) is 9.87. The quantitative estimate of drug-likeness (QED) is 0.342. The van der Waals surface area contributed by atoms with Crippen LogP contribution in [0.2, 0.25) is 5.02 Å². The molecule has 0 saturated carbocycles. The second-order valence-corrected chi connectivity index (χ2v) is 7.47.